The van der Waals surface area contributed by atoms with Gasteiger partial charge in [-0.15, -0.1) is 0 Å². The lowest BCUT2D eigenvalue weighted by Gasteiger charge is -2.40. The van der Waals surface area contributed by atoms with Crippen molar-refractivity contribution in [2.45, 2.75) is 40.1 Å². The predicted octanol–water partition coefficient (Wildman–Crippen LogP) is 5.05. The third-order valence-electron chi connectivity index (χ3n) is 6.08. The molecule has 2 aromatic carbocycles. The van der Waals surface area contributed by atoms with Crippen LogP contribution in [-0.4, -0.2) is 40.0 Å². The highest BCUT2D eigenvalue weighted by Crippen LogP contribution is 2.56. The molecule has 1 N–H and O–H groups in total. The molecule has 2 aliphatic rings. The minimum absolute atomic E-state index is 0.0301. The van der Waals surface area contributed by atoms with Gasteiger partial charge in [-0.3, -0.25) is 0 Å². The molecule has 2 heterocycles. The summed E-state index contributed by atoms with van der Waals surface area (Å²) in [5.74, 6) is -0.555. The van der Waals surface area contributed by atoms with Crippen molar-refractivity contribution in [3.05, 3.63) is 58.6 Å². The highest BCUT2D eigenvalue weighted by molar-refractivity contribution is 7.92. The standard InChI is InChI=1S/C20H15ClF7NO3S/c21-12-2-4-13(5-3-12)33(30,31)17-7-8-29-16(17)10-32-15-9-11(1-6-14(15)17)18(22,19(23,24)25)20(26,27)28/h1-6,9,16,29H,7-8,10H2. The van der Waals surface area contributed by atoms with Crippen molar-refractivity contribution in [2.24, 2.45) is 0 Å². The van der Waals surface area contributed by atoms with Crippen LogP contribution >= 0.6 is 11.6 Å². The Morgan fingerprint density at radius 2 is 1.58 bits per heavy atom. The quantitative estimate of drug-likeness (QED) is 0.579. The summed E-state index contributed by atoms with van der Waals surface area (Å²) in [5.41, 5.74) is -7.55. The number of hydrogen-bond donors (Lipinski definition) is 1. The van der Waals surface area contributed by atoms with Crippen molar-refractivity contribution in [1.29, 1.82) is 0 Å². The summed E-state index contributed by atoms with van der Waals surface area (Å²) >= 11 is 5.83. The van der Waals surface area contributed by atoms with Crippen molar-refractivity contribution in [1.82, 2.24) is 5.32 Å². The van der Waals surface area contributed by atoms with E-state index in [4.69, 9.17) is 16.3 Å². The van der Waals surface area contributed by atoms with Gasteiger partial charge in [-0.05, 0) is 43.3 Å². The molecule has 4 rings (SSSR count). The zero-order valence-electron chi connectivity index (χ0n) is 16.4. The smallest absolute Gasteiger partial charge is 0.435 e. The Morgan fingerprint density at radius 1 is 0.970 bits per heavy atom. The molecule has 33 heavy (non-hydrogen) atoms. The maximum absolute atomic E-state index is 14.6. The molecule has 0 amide bonds. The molecule has 1 fully saturated rings. The van der Waals surface area contributed by atoms with Crippen LogP contribution in [0.3, 0.4) is 0 Å². The van der Waals surface area contributed by atoms with E-state index in [1.54, 1.807) is 0 Å². The first kappa shape index (κ1) is 24.1. The fourth-order valence-corrected chi connectivity index (χ4v) is 6.84. The third-order valence-corrected chi connectivity index (χ3v) is 8.89. The van der Waals surface area contributed by atoms with Gasteiger partial charge >= 0.3 is 18.0 Å². The number of benzene rings is 2. The maximum Gasteiger partial charge on any atom is 0.435 e. The second-order valence-electron chi connectivity index (χ2n) is 7.78. The van der Waals surface area contributed by atoms with E-state index in [9.17, 15) is 39.2 Å². The van der Waals surface area contributed by atoms with E-state index < -0.39 is 50.0 Å². The Morgan fingerprint density at radius 3 is 2.15 bits per heavy atom. The fraction of sp³-hybridized carbons (Fsp3) is 0.400. The van der Waals surface area contributed by atoms with Crippen molar-refractivity contribution < 1.29 is 43.9 Å². The number of nitrogens with one attached hydrogen (secondary N) is 1. The number of fused-ring (bicyclic) bond motifs is 3. The lowest BCUT2D eigenvalue weighted by atomic mass is 9.85. The fourth-order valence-electron chi connectivity index (χ4n) is 4.44. The molecule has 2 atom stereocenters. The Bertz CT molecular complexity index is 1170. The molecular formula is C20H15ClF7NO3S. The largest absolute Gasteiger partial charge is 0.492 e. The summed E-state index contributed by atoms with van der Waals surface area (Å²) in [6.07, 6.45) is -12.6. The van der Waals surface area contributed by atoms with Crippen molar-refractivity contribution in [3.8, 4) is 5.75 Å². The minimum atomic E-state index is -6.31. The first-order valence-corrected chi connectivity index (χ1v) is 11.4. The van der Waals surface area contributed by atoms with E-state index in [1.165, 1.54) is 24.3 Å². The van der Waals surface area contributed by atoms with E-state index >= 15 is 0 Å². The highest BCUT2D eigenvalue weighted by atomic mass is 35.5. The average Bonchev–Trinajstić information content (AvgIpc) is 3.17. The number of rotatable bonds is 3. The Hall–Kier alpha value is -2.05. The predicted molar refractivity (Wildman–Crippen MR) is 104 cm³/mol. The molecule has 13 heteroatoms. The molecular weight excluding hydrogens is 503 g/mol. The topological polar surface area (TPSA) is 55.4 Å². The van der Waals surface area contributed by atoms with Gasteiger partial charge in [-0.25, -0.2) is 12.8 Å². The zero-order chi connectivity index (χ0) is 24.4. The molecule has 0 bridgehead atoms. The minimum Gasteiger partial charge on any atom is -0.492 e. The highest BCUT2D eigenvalue weighted by Gasteiger charge is 2.73. The maximum atomic E-state index is 14.6. The summed E-state index contributed by atoms with van der Waals surface area (Å²) in [5, 5.41) is 3.22. The monoisotopic (exact) mass is 517 g/mol. The molecule has 2 aliphatic heterocycles. The molecule has 0 aliphatic carbocycles. The van der Waals surface area contributed by atoms with Crippen molar-refractivity contribution in [3.63, 3.8) is 0 Å². The number of halogens is 8. The van der Waals surface area contributed by atoms with E-state index in [-0.39, 0.29) is 41.1 Å². The number of alkyl halides is 7. The lowest BCUT2D eigenvalue weighted by Crippen LogP contribution is -2.53. The van der Waals surface area contributed by atoms with Crippen LogP contribution in [0.25, 0.3) is 0 Å². The van der Waals surface area contributed by atoms with Gasteiger partial charge in [0.2, 0.25) is 0 Å². The third kappa shape index (κ3) is 3.32. The first-order chi connectivity index (χ1) is 15.2. The SMILES string of the molecule is O=S(=O)(c1ccc(Cl)cc1)C12CCNC1COc1cc(C(F)(C(F)(F)F)C(F)(F)F)ccc12. The van der Waals surface area contributed by atoms with E-state index in [0.29, 0.717) is 6.07 Å². The average molecular weight is 518 g/mol. The molecule has 0 saturated carbocycles. The normalized spacial score (nSPS) is 23.6. The molecule has 180 valence electrons. The summed E-state index contributed by atoms with van der Waals surface area (Å²) in [6, 6.07) is 5.72. The van der Waals surface area contributed by atoms with Crippen LogP contribution in [-0.2, 0) is 20.3 Å². The lowest BCUT2D eigenvalue weighted by molar-refractivity contribution is -0.348. The van der Waals surface area contributed by atoms with Crippen LogP contribution in [0.1, 0.15) is 17.5 Å². The molecule has 2 aromatic rings. The number of sulfone groups is 1. The van der Waals surface area contributed by atoms with Crippen LogP contribution in [0.5, 0.6) is 5.75 Å². The van der Waals surface area contributed by atoms with Crippen molar-refractivity contribution >= 4 is 21.4 Å². The zero-order valence-corrected chi connectivity index (χ0v) is 18.0. The van der Waals surface area contributed by atoms with Gasteiger partial charge in [0.1, 0.15) is 17.1 Å². The van der Waals surface area contributed by atoms with Crippen LogP contribution < -0.4 is 10.1 Å². The first-order valence-electron chi connectivity index (χ1n) is 9.50. The van der Waals surface area contributed by atoms with Crippen LogP contribution in [0.4, 0.5) is 30.7 Å². The summed E-state index contributed by atoms with van der Waals surface area (Å²) in [6.45, 7) is -0.166. The van der Waals surface area contributed by atoms with Gasteiger partial charge in [0.05, 0.1) is 10.9 Å². The molecule has 2 unspecified atom stereocenters. The molecule has 0 radical (unpaired) electrons. The van der Waals surface area contributed by atoms with Crippen LogP contribution in [0.15, 0.2) is 47.4 Å². The van der Waals surface area contributed by atoms with Gasteiger partial charge in [0, 0.05) is 16.1 Å². The van der Waals surface area contributed by atoms with Gasteiger partial charge in [-0.1, -0.05) is 23.7 Å². The van der Waals surface area contributed by atoms with Crippen molar-refractivity contribution in [2.75, 3.05) is 13.2 Å². The van der Waals surface area contributed by atoms with E-state index in [0.717, 1.165) is 6.07 Å². The summed E-state index contributed by atoms with van der Waals surface area (Å²) in [7, 11) is -4.24. The summed E-state index contributed by atoms with van der Waals surface area (Å²) < 4.78 is 125. The second-order valence-corrected chi connectivity index (χ2v) is 10.4. The molecule has 1 saturated heterocycles. The van der Waals surface area contributed by atoms with Crippen LogP contribution in [0.2, 0.25) is 5.02 Å². The molecule has 0 aromatic heterocycles. The van der Waals surface area contributed by atoms with Gasteiger partial charge < -0.3 is 10.1 Å². The number of ether oxygens (including phenoxy) is 1. The second kappa shape index (κ2) is 7.47. The molecule has 4 nitrogen and oxygen atoms in total. The Labute approximate surface area is 188 Å². The van der Waals surface area contributed by atoms with E-state index in [2.05, 4.69) is 5.32 Å². The molecule has 0 spiro atoms. The van der Waals surface area contributed by atoms with Crippen LogP contribution in [0, 0.1) is 0 Å². The van der Waals surface area contributed by atoms with Gasteiger partial charge in [0.25, 0.3) is 0 Å². The summed E-state index contributed by atoms with van der Waals surface area (Å²) in [4.78, 5) is -0.136. The van der Waals surface area contributed by atoms with Gasteiger partial charge in [-0.2, -0.15) is 26.3 Å². The van der Waals surface area contributed by atoms with E-state index in [1.807, 2.05) is 0 Å². The Balaban J connectivity index is 1.92. The van der Waals surface area contributed by atoms with Gasteiger partial charge in [0.15, 0.2) is 9.84 Å². The number of hydrogen-bond acceptors (Lipinski definition) is 4. The Kier molecular flexibility index (Phi) is 5.46.